The number of esters is 1. The fraction of sp³-hybridized carbons (Fsp3) is 0.0351. The Labute approximate surface area is 366 Å². The van der Waals surface area contributed by atoms with Gasteiger partial charge >= 0.3 is 5.97 Å². The van der Waals surface area contributed by atoms with Crippen molar-refractivity contribution in [3.8, 4) is 5.69 Å². The maximum atomic E-state index is 13.0. The number of benzene rings is 9. The van der Waals surface area contributed by atoms with Gasteiger partial charge in [-0.15, -0.1) is 10.0 Å². The van der Waals surface area contributed by atoms with Gasteiger partial charge < -0.3 is 9.30 Å². The molecule has 0 aliphatic rings. The lowest BCUT2D eigenvalue weighted by molar-refractivity contribution is 0.0600. The molecule has 0 aliphatic heterocycles. The predicted octanol–water partition coefficient (Wildman–Crippen LogP) is 15.4. The molecular formula is C57H45NO2S2. The number of hydrogen-bond acceptors (Lipinski definition) is 2. The number of fused-ring (bicyclic) bond motifs is 3. The maximum absolute atomic E-state index is 13.0. The van der Waals surface area contributed by atoms with E-state index in [2.05, 4.69) is 229 Å². The van der Waals surface area contributed by atoms with Gasteiger partial charge in [-0.2, -0.15) is 10.0 Å². The van der Waals surface area contributed by atoms with Crippen LogP contribution in [0.1, 0.15) is 15.9 Å². The molecule has 9 aromatic carbocycles. The summed E-state index contributed by atoms with van der Waals surface area (Å²) < 4.78 is 7.52. The number of methoxy groups -OCH3 is 1. The Hall–Kier alpha value is -7.05. The zero-order valence-corrected chi connectivity index (χ0v) is 36.0. The molecule has 62 heavy (non-hydrogen) atoms. The van der Waals surface area contributed by atoms with Crippen molar-refractivity contribution < 1.29 is 9.53 Å². The van der Waals surface area contributed by atoms with Crippen LogP contribution in [0.3, 0.4) is 0 Å². The van der Waals surface area contributed by atoms with Crippen LogP contribution in [0.5, 0.6) is 0 Å². The van der Waals surface area contributed by atoms with E-state index in [1.165, 1.54) is 46.9 Å². The molecular weight excluding hydrogens is 795 g/mol. The van der Waals surface area contributed by atoms with Crippen molar-refractivity contribution in [2.75, 3.05) is 7.11 Å². The van der Waals surface area contributed by atoms with Crippen molar-refractivity contribution >= 4 is 47.8 Å². The molecule has 5 heteroatoms. The average Bonchev–Trinajstić information content (AvgIpc) is 3.68. The minimum atomic E-state index is -1.98. The molecule has 0 aliphatic carbocycles. The molecule has 0 amide bonds. The van der Waals surface area contributed by atoms with Gasteiger partial charge in [0.15, 0.2) is 0 Å². The summed E-state index contributed by atoms with van der Waals surface area (Å²) in [5, 5.41) is 2.30. The van der Waals surface area contributed by atoms with Crippen molar-refractivity contribution in [3.05, 3.63) is 254 Å². The van der Waals surface area contributed by atoms with Crippen molar-refractivity contribution in [2.45, 2.75) is 40.0 Å². The van der Waals surface area contributed by atoms with Gasteiger partial charge in [0.25, 0.3) is 0 Å². The average molecular weight is 840 g/mol. The fourth-order valence-corrected chi connectivity index (χ4v) is 16.8. The molecule has 0 fully saturated rings. The molecule has 0 saturated heterocycles. The number of carbonyl (C=O) groups excluding carboxylic acids is 1. The van der Waals surface area contributed by atoms with Crippen molar-refractivity contribution in [1.29, 1.82) is 0 Å². The van der Waals surface area contributed by atoms with Gasteiger partial charge in [-0.1, -0.05) is 127 Å². The van der Waals surface area contributed by atoms with E-state index in [0.29, 0.717) is 5.56 Å². The molecule has 0 atom stereocenters. The topological polar surface area (TPSA) is 31.2 Å². The fourth-order valence-electron chi connectivity index (χ4n) is 9.04. The van der Waals surface area contributed by atoms with E-state index in [1.807, 2.05) is 18.2 Å². The third kappa shape index (κ3) is 6.71. The summed E-state index contributed by atoms with van der Waals surface area (Å²) in [5.74, 6) is 0.487. The number of carbonyl (C=O) groups is 1. The van der Waals surface area contributed by atoms with E-state index in [0.717, 1.165) is 33.2 Å². The van der Waals surface area contributed by atoms with Crippen LogP contribution >= 0.6 is 20.1 Å². The monoisotopic (exact) mass is 839 g/mol. The van der Waals surface area contributed by atoms with Crippen LogP contribution in [0, 0.1) is 0 Å². The van der Waals surface area contributed by atoms with E-state index in [4.69, 9.17) is 4.74 Å². The van der Waals surface area contributed by atoms with Crippen LogP contribution in [0.25, 0.3) is 27.5 Å². The first-order valence-electron chi connectivity index (χ1n) is 20.8. The number of hydrogen-bond donors (Lipinski definition) is 0. The first kappa shape index (κ1) is 39.1. The molecule has 0 spiro atoms. The van der Waals surface area contributed by atoms with E-state index in [1.54, 1.807) is 0 Å². The van der Waals surface area contributed by atoms with Gasteiger partial charge in [-0.05, 0) is 136 Å². The van der Waals surface area contributed by atoms with Crippen molar-refractivity contribution in [2.24, 2.45) is 0 Å². The minimum Gasteiger partial charge on any atom is -0.465 e. The number of aromatic nitrogens is 1. The number of ether oxygens (including phenoxy) is 1. The Kier molecular flexibility index (Phi) is 10.6. The largest absolute Gasteiger partial charge is 0.465 e. The van der Waals surface area contributed by atoms with Crippen LogP contribution in [0.2, 0.25) is 0 Å². The smallest absolute Gasteiger partial charge is 0.337 e. The standard InChI is InChI=1S/C57H45NO2S2/c1-60-57(59)44-23-20-24-45(39-44)58-55-37-35-51(61(46-25-10-3-11-26-46,47-27-12-4-13-28-47)42-43-21-8-2-9-22-43)40-53(55)54-41-52(36-38-56(54)58)62(48-29-14-5-15-30-48,49-31-16-6-17-32-49)50-33-18-7-19-34-50/h2-41H,42H2,1H3. The summed E-state index contributed by atoms with van der Waals surface area (Å²) in [6.45, 7) is 0. The summed E-state index contributed by atoms with van der Waals surface area (Å²) in [7, 11) is -2.40. The Bertz CT molecular complexity index is 3000. The molecule has 0 unspecified atom stereocenters. The zero-order valence-electron chi connectivity index (χ0n) is 34.4. The molecule has 0 saturated carbocycles. The van der Waals surface area contributed by atoms with Crippen LogP contribution in [0.4, 0.5) is 0 Å². The predicted molar refractivity (Wildman–Crippen MR) is 258 cm³/mol. The quantitative estimate of drug-likeness (QED) is 0.122. The molecule has 3 nitrogen and oxygen atoms in total. The molecule has 0 radical (unpaired) electrons. The van der Waals surface area contributed by atoms with Crippen LogP contribution in [-0.2, 0) is 10.5 Å². The normalized spacial score (nSPS) is 12.3. The van der Waals surface area contributed by atoms with Crippen molar-refractivity contribution in [3.63, 3.8) is 0 Å². The van der Waals surface area contributed by atoms with Crippen LogP contribution < -0.4 is 0 Å². The first-order valence-corrected chi connectivity index (χ1v) is 24.3. The van der Waals surface area contributed by atoms with E-state index in [-0.39, 0.29) is 5.97 Å². The summed E-state index contributed by atoms with van der Waals surface area (Å²) in [6, 6.07) is 88.2. The van der Waals surface area contributed by atoms with Gasteiger partial charge in [-0.3, -0.25) is 0 Å². The van der Waals surface area contributed by atoms with Crippen LogP contribution in [0.15, 0.2) is 277 Å². The van der Waals surface area contributed by atoms with Gasteiger partial charge in [0, 0.05) is 41.8 Å². The number of nitrogens with zero attached hydrogens (tertiary/aromatic N) is 1. The maximum Gasteiger partial charge on any atom is 0.337 e. The second-order valence-corrected chi connectivity index (χ2v) is 21.6. The van der Waals surface area contributed by atoms with Crippen LogP contribution in [-0.4, -0.2) is 17.6 Å². The Morgan fingerprint density at radius 2 is 0.839 bits per heavy atom. The highest BCUT2D eigenvalue weighted by atomic mass is 32.3. The molecule has 1 heterocycles. The molecule has 0 bridgehead atoms. The van der Waals surface area contributed by atoms with E-state index < -0.39 is 20.1 Å². The van der Waals surface area contributed by atoms with Gasteiger partial charge in [-0.25, -0.2) is 4.79 Å². The summed E-state index contributed by atoms with van der Waals surface area (Å²) >= 11 is 0. The lowest BCUT2D eigenvalue weighted by Crippen LogP contribution is -2.07. The van der Waals surface area contributed by atoms with Gasteiger partial charge in [0.05, 0.1) is 23.7 Å². The molecule has 302 valence electrons. The zero-order chi connectivity index (χ0) is 41.9. The summed E-state index contributed by atoms with van der Waals surface area (Å²) in [4.78, 5) is 21.9. The summed E-state index contributed by atoms with van der Waals surface area (Å²) in [6.07, 6.45) is 0. The first-order chi connectivity index (χ1) is 30.6. The lowest BCUT2D eigenvalue weighted by atomic mass is 10.1. The van der Waals surface area contributed by atoms with Gasteiger partial charge in [0.2, 0.25) is 0 Å². The molecule has 10 rings (SSSR count). The summed E-state index contributed by atoms with van der Waals surface area (Å²) in [5.41, 5.74) is 4.83. The SMILES string of the molecule is COC(=O)c1cccc(-n2c3ccc(S(Cc4ccccc4)(c4ccccc4)c4ccccc4)cc3c3cc(S(c4ccccc4)(c4ccccc4)c4ccccc4)ccc32)c1. The lowest BCUT2D eigenvalue weighted by Gasteiger charge is -2.42. The second kappa shape index (κ2) is 16.8. The molecule has 10 aromatic rings. The highest BCUT2D eigenvalue weighted by Crippen LogP contribution is 2.74. The Morgan fingerprint density at radius 3 is 1.31 bits per heavy atom. The Morgan fingerprint density at radius 1 is 0.419 bits per heavy atom. The number of rotatable bonds is 11. The minimum absolute atomic E-state index is 0.362. The highest BCUT2D eigenvalue weighted by molar-refractivity contribution is 8.34. The Balaban J connectivity index is 1.33. The van der Waals surface area contributed by atoms with Gasteiger partial charge in [0.1, 0.15) is 0 Å². The molecule has 0 N–H and O–H groups in total. The van der Waals surface area contributed by atoms with Crippen molar-refractivity contribution in [1.82, 2.24) is 4.57 Å². The third-order valence-corrected chi connectivity index (χ3v) is 19.7. The highest BCUT2D eigenvalue weighted by Gasteiger charge is 2.35. The third-order valence-electron chi connectivity index (χ3n) is 11.8. The molecule has 1 aromatic heterocycles. The second-order valence-electron chi connectivity index (χ2n) is 15.3. The van der Waals surface area contributed by atoms with E-state index >= 15 is 0 Å². The van der Waals surface area contributed by atoms with E-state index in [9.17, 15) is 4.79 Å².